The Morgan fingerprint density at radius 3 is 2.20 bits per heavy atom. The molecule has 1 atom stereocenters. The van der Waals surface area contributed by atoms with Crippen LogP contribution in [-0.4, -0.2) is 25.7 Å². The third kappa shape index (κ3) is 11.8. The van der Waals surface area contributed by atoms with Crippen molar-refractivity contribution >= 4 is 0 Å². The summed E-state index contributed by atoms with van der Waals surface area (Å²) in [5.41, 5.74) is 0. The van der Waals surface area contributed by atoms with Gasteiger partial charge in [0.05, 0.1) is 0 Å². The van der Waals surface area contributed by atoms with E-state index in [-0.39, 0.29) is 0 Å². The molecule has 2 nitrogen and oxygen atoms in total. The van der Waals surface area contributed by atoms with Crippen LogP contribution in [-0.2, 0) is 0 Å². The maximum Gasteiger partial charge on any atom is 0.00386 e. The van der Waals surface area contributed by atoms with Crippen molar-refractivity contribution in [3.8, 4) is 0 Å². The fourth-order valence-electron chi connectivity index (χ4n) is 1.79. The van der Waals surface area contributed by atoms with E-state index in [9.17, 15) is 0 Å². The van der Waals surface area contributed by atoms with Gasteiger partial charge in [0.15, 0.2) is 0 Å². The number of rotatable bonds is 11. The van der Waals surface area contributed by atoms with Crippen molar-refractivity contribution in [2.24, 2.45) is 0 Å². The lowest BCUT2D eigenvalue weighted by Crippen LogP contribution is -2.26. The lowest BCUT2D eigenvalue weighted by molar-refractivity contribution is 0.487. The third-order valence-electron chi connectivity index (χ3n) is 2.74. The molecule has 0 saturated carbocycles. The summed E-state index contributed by atoms with van der Waals surface area (Å²) >= 11 is 0. The first-order valence-corrected chi connectivity index (χ1v) is 6.75. The fraction of sp³-hybridized carbons (Fsp3) is 1.00. The van der Waals surface area contributed by atoms with Crippen LogP contribution in [0.25, 0.3) is 0 Å². The molecule has 0 rings (SSSR count). The predicted octanol–water partition coefficient (Wildman–Crippen LogP) is 2.93. The van der Waals surface area contributed by atoms with Gasteiger partial charge in [-0.2, -0.15) is 0 Å². The Morgan fingerprint density at radius 2 is 1.60 bits per heavy atom. The first kappa shape index (κ1) is 14.9. The number of hydrogen-bond acceptors (Lipinski definition) is 2. The molecule has 2 heteroatoms. The normalized spacial score (nSPS) is 13.0. The largest absolute Gasteiger partial charge is 0.317 e. The van der Waals surface area contributed by atoms with E-state index in [1.54, 1.807) is 0 Å². The van der Waals surface area contributed by atoms with E-state index in [2.05, 4.69) is 31.4 Å². The van der Waals surface area contributed by atoms with Gasteiger partial charge >= 0.3 is 0 Å². The van der Waals surface area contributed by atoms with Crippen molar-refractivity contribution in [2.45, 2.75) is 65.3 Å². The lowest BCUT2D eigenvalue weighted by atomic mass is 10.1. The monoisotopic (exact) mass is 214 g/mol. The van der Waals surface area contributed by atoms with E-state index >= 15 is 0 Å². The van der Waals surface area contributed by atoms with Crippen LogP contribution in [0, 0.1) is 0 Å². The van der Waals surface area contributed by atoms with Crippen molar-refractivity contribution < 1.29 is 0 Å². The molecule has 0 spiro atoms. The molecule has 0 aromatic rings. The number of unbranched alkanes of at least 4 members (excludes halogenated alkanes) is 3. The standard InChI is InChI=1S/C13H30N2/c1-4-10-13(3)15-12-9-7-6-8-11-14-5-2/h13-15H,4-12H2,1-3H3. The molecule has 0 aliphatic heterocycles. The topological polar surface area (TPSA) is 24.1 Å². The van der Waals surface area contributed by atoms with Crippen LogP contribution >= 0.6 is 0 Å². The summed E-state index contributed by atoms with van der Waals surface area (Å²) in [6.07, 6.45) is 8.00. The minimum Gasteiger partial charge on any atom is -0.317 e. The Balaban J connectivity index is 2.98. The molecule has 2 N–H and O–H groups in total. The average Bonchev–Trinajstić information content (AvgIpc) is 2.22. The average molecular weight is 214 g/mol. The molecule has 15 heavy (non-hydrogen) atoms. The van der Waals surface area contributed by atoms with E-state index in [0.29, 0.717) is 6.04 Å². The second-order valence-corrected chi connectivity index (χ2v) is 4.41. The number of nitrogens with one attached hydrogen (secondary N) is 2. The summed E-state index contributed by atoms with van der Waals surface area (Å²) in [6.45, 7) is 10.2. The molecule has 0 amide bonds. The van der Waals surface area contributed by atoms with Crippen molar-refractivity contribution in [1.82, 2.24) is 10.6 Å². The van der Waals surface area contributed by atoms with Crippen LogP contribution < -0.4 is 10.6 Å². The summed E-state index contributed by atoms with van der Waals surface area (Å²) in [5, 5.41) is 6.93. The van der Waals surface area contributed by atoms with Crippen molar-refractivity contribution in [3.63, 3.8) is 0 Å². The SMILES string of the molecule is CCCC(C)NCCCCCCNCC. The van der Waals surface area contributed by atoms with E-state index in [4.69, 9.17) is 0 Å². The fourth-order valence-corrected chi connectivity index (χ4v) is 1.79. The van der Waals surface area contributed by atoms with Crippen molar-refractivity contribution in [3.05, 3.63) is 0 Å². The van der Waals surface area contributed by atoms with Crippen molar-refractivity contribution in [2.75, 3.05) is 19.6 Å². The van der Waals surface area contributed by atoms with Gasteiger partial charge < -0.3 is 10.6 Å². The molecule has 0 bridgehead atoms. The highest BCUT2D eigenvalue weighted by molar-refractivity contribution is 4.59. The van der Waals surface area contributed by atoms with Gasteiger partial charge in [0, 0.05) is 6.04 Å². The summed E-state index contributed by atoms with van der Waals surface area (Å²) in [7, 11) is 0. The van der Waals surface area contributed by atoms with E-state index in [1.165, 1.54) is 51.6 Å². The molecule has 0 aromatic heterocycles. The quantitative estimate of drug-likeness (QED) is 0.517. The summed E-state index contributed by atoms with van der Waals surface area (Å²) in [5.74, 6) is 0. The predicted molar refractivity (Wildman–Crippen MR) is 69.4 cm³/mol. The van der Waals surface area contributed by atoms with Gasteiger partial charge in [0.25, 0.3) is 0 Å². The highest BCUT2D eigenvalue weighted by Gasteiger charge is 1.97. The van der Waals surface area contributed by atoms with Gasteiger partial charge in [-0.25, -0.2) is 0 Å². The van der Waals surface area contributed by atoms with Gasteiger partial charge in [0.1, 0.15) is 0 Å². The zero-order valence-corrected chi connectivity index (χ0v) is 10.9. The second-order valence-electron chi connectivity index (χ2n) is 4.41. The molecule has 0 saturated heterocycles. The first-order valence-electron chi connectivity index (χ1n) is 6.75. The van der Waals surface area contributed by atoms with Crippen LogP contribution in [0.15, 0.2) is 0 Å². The molecular weight excluding hydrogens is 184 g/mol. The molecule has 0 aliphatic carbocycles. The lowest BCUT2D eigenvalue weighted by Gasteiger charge is -2.12. The van der Waals surface area contributed by atoms with E-state index < -0.39 is 0 Å². The molecule has 92 valence electrons. The summed E-state index contributed by atoms with van der Waals surface area (Å²) in [4.78, 5) is 0. The first-order chi connectivity index (χ1) is 7.31. The Bertz CT molecular complexity index is 115. The van der Waals surface area contributed by atoms with E-state index in [0.717, 1.165) is 6.54 Å². The van der Waals surface area contributed by atoms with Gasteiger partial charge in [0.2, 0.25) is 0 Å². The highest BCUT2D eigenvalue weighted by atomic mass is 14.9. The minimum atomic E-state index is 0.705. The van der Waals surface area contributed by atoms with Crippen molar-refractivity contribution in [1.29, 1.82) is 0 Å². The molecule has 1 unspecified atom stereocenters. The second kappa shape index (κ2) is 12.0. The van der Waals surface area contributed by atoms with Crippen LogP contribution in [0.1, 0.15) is 59.3 Å². The van der Waals surface area contributed by atoms with Crippen LogP contribution in [0.2, 0.25) is 0 Å². The van der Waals surface area contributed by atoms with Gasteiger partial charge in [-0.05, 0) is 45.8 Å². The smallest absolute Gasteiger partial charge is 0.00386 e. The van der Waals surface area contributed by atoms with E-state index in [1.807, 2.05) is 0 Å². The Morgan fingerprint density at radius 1 is 0.933 bits per heavy atom. The Hall–Kier alpha value is -0.0800. The molecule has 0 radical (unpaired) electrons. The minimum absolute atomic E-state index is 0.705. The number of hydrogen-bond donors (Lipinski definition) is 2. The maximum absolute atomic E-state index is 3.57. The third-order valence-corrected chi connectivity index (χ3v) is 2.74. The maximum atomic E-state index is 3.57. The molecule has 0 heterocycles. The van der Waals surface area contributed by atoms with Gasteiger partial charge in [-0.3, -0.25) is 0 Å². The van der Waals surface area contributed by atoms with Gasteiger partial charge in [-0.15, -0.1) is 0 Å². The molecule has 0 aliphatic rings. The van der Waals surface area contributed by atoms with Gasteiger partial charge in [-0.1, -0.05) is 33.1 Å². The molecule has 0 aromatic carbocycles. The molecular formula is C13H30N2. The zero-order chi connectivity index (χ0) is 11.4. The Labute approximate surface area is 96.2 Å². The van der Waals surface area contributed by atoms with Crippen LogP contribution in [0.5, 0.6) is 0 Å². The van der Waals surface area contributed by atoms with Crippen LogP contribution in [0.4, 0.5) is 0 Å². The zero-order valence-electron chi connectivity index (χ0n) is 10.9. The molecule has 0 fully saturated rings. The summed E-state index contributed by atoms with van der Waals surface area (Å²) < 4.78 is 0. The van der Waals surface area contributed by atoms with Crippen LogP contribution in [0.3, 0.4) is 0 Å². The summed E-state index contributed by atoms with van der Waals surface area (Å²) in [6, 6.07) is 0.705. The Kier molecular flexibility index (Phi) is 11.9. The highest BCUT2D eigenvalue weighted by Crippen LogP contribution is 1.99.